The number of phenols is 1. The summed E-state index contributed by atoms with van der Waals surface area (Å²) in [7, 11) is -0.965. The molecule has 1 heterocycles. The average Bonchev–Trinajstić information content (AvgIpc) is 2.87. The Hall–Kier alpha value is -2.96. The fourth-order valence-corrected chi connectivity index (χ4v) is 6.51. The van der Waals surface area contributed by atoms with Crippen LogP contribution in [0.1, 0.15) is 72.2 Å². The summed E-state index contributed by atoms with van der Waals surface area (Å²) < 4.78 is 6.09. The van der Waals surface area contributed by atoms with Gasteiger partial charge in [-0.3, -0.25) is 9.59 Å². The van der Waals surface area contributed by atoms with Gasteiger partial charge in [0.1, 0.15) is 5.75 Å². The molecular formula is C30H33BO5. The summed E-state index contributed by atoms with van der Waals surface area (Å²) in [5, 5.41) is 20.8. The number of phenolic OH excluding ortho intramolecular Hbond substituents is 1. The third kappa shape index (κ3) is 4.49. The number of allylic oxidation sites excluding steroid dienone is 2. The average molecular weight is 484 g/mol. The van der Waals surface area contributed by atoms with Crippen molar-refractivity contribution in [3.63, 3.8) is 0 Å². The van der Waals surface area contributed by atoms with Gasteiger partial charge in [0.25, 0.3) is 0 Å². The lowest BCUT2D eigenvalue weighted by atomic mass is 9.54. The molecule has 1 aliphatic heterocycles. The van der Waals surface area contributed by atoms with E-state index in [1.165, 1.54) is 5.57 Å². The van der Waals surface area contributed by atoms with Crippen molar-refractivity contribution in [2.45, 2.75) is 58.4 Å². The zero-order chi connectivity index (χ0) is 25.4. The fraction of sp³-hybridized carbons (Fsp3) is 0.400. The van der Waals surface area contributed by atoms with Crippen molar-refractivity contribution in [1.82, 2.24) is 0 Å². The number of hydrogen-bond acceptors (Lipinski definition) is 5. The van der Waals surface area contributed by atoms with E-state index < -0.39 is 13.0 Å². The molecule has 6 heteroatoms. The van der Waals surface area contributed by atoms with E-state index in [-0.39, 0.29) is 35.3 Å². The van der Waals surface area contributed by atoms with Crippen molar-refractivity contribution in [3.8, 4) is 5.75 Å². The van der Waals surface area contributed by atoms with Gasteiger partial charge < -0.3 is 14.8 Å². The van der Waals surface area contributed by atoms with Gasteiger partial charge in [0.15, 0.2) is 11.6 Å². The smallest absolute Gasteiger partial charge is 0.455 e. The highest BCUT2D eigenvalue weighted by Gasteiger charge is 2.53. The van der Waals surface area contributed by atoms with Crippen LogP contribution in [-0.2, 0) is 4.65 Å². The predicted octanol–water partition coefficient (Wildman–Crippen LogP) is 5.88. The summed E-state index contributed by atoms with van der Waals surface area (Å²) in [4.78, 5) is 27.2. The Morgan fingerprint density at radius 1 is 1.06 bits per heavy atom. The maximum atomic E-state index is 13.7. The molecule has 0 spiro atoms. The van der Waals surface area contributed by atoms with Crippen molar-refractivity contribution in [2.24, 2.45) is 17.8 Å². The molecule has 0 aromatic heterocycles. The van der Waals surface area contributed by atoms with Crippen molar-refractivity contribution >= 4 is 24.8 Å². The third-order valence-corrected chi connectivity index (χ3v) is 8.05. The van der Waals surface area contributed by atoms with Crippen molar-refractivity contribution < 1.29 is 24.4 Å². The zero-order valence-electron chi connectivity index (χ0n) is 20.9. The second-order valence-corrected chi connectivity index (χ2v) is 10.4. The number of para-hydroxylation sites is 1. The summed E-state index contributed by atoms with van der Waals surface area (Å²) in [5.74, 6) is -0.670. The van der Waals surface area contributed by atoms with Crippen LogP contribution in [0.2, 0.25) is 6.32 Å². The van der Waals surface area contributed by atoms with Crippen molar-refractivity contribution in [1.29, 1.82) is 0 Å². The minimum absolute atomic E-state index is 0.0247. The van der Waals surface area contributed by atoms with E-state index in [1.807, 2.05) is 37.3 Å². The van der Waals surface area contributed by atoms with Gasteiger partial charge in [-0.1, -0.05) is 73.0 Å². The van der Waals surface area contributed by atoms with Crippen molar-refractivity contribution in [3.05, 3.63) is 81.9 Å². The number of fused-ring (bicyclic) bond motifs is 4. The van der Waals surface area contributed by atoms with E-state index in [1.54, 1.807) is 24.3 Å². The number of Topliss-reactive ketones (excluding diaryl/α,β-unsaturated/α-hetero) is 2. The van der Waals surface area contributed by atoms with Gasteiger partial charge in [-0.25, -0.2) is 0 Å². The number of hydrogen-bond donors (Lipinski definition) is 2. The Balaban J connectivity index is 1.46. The third-order valence-electron chi connectivity index (χ3n) is 8.05. The Morgan fingerprint density at radius 2 is 1.75 bits per heavy atom. The molecule has 2 aromatic carbocycles. The van der Waals surface area contributed by atoms with Crippen LogP contribution in [0.25, 0.3) is 6.08 Å². The highest BCUT2D eigenvalue weighted by Crippen LogP contribution is 2.51. The second-order valence-electron chi connectivity index (χ2n) is 10.4. The molecule has 0 saturated carbocycles. The Bertz CT molecular complexity index is 1250. The van der Waals surface area contributed by atoms with E-state index in [4.69, 9.17) is 4.65 Å². The van der Waals surface area contributed by atoms with Gasteiger partial charge in [0.2, 0.25) is 0 Å². The first-order valence-corrected chi connectivity index (χ1v) is 13.1. The molecule has 1 fully saturated rings. The molecule has 0 unspecified atom stereocenters. The molecule has 36 heavy (non-hydrogen) atoms. The van der Waals surface area contributed by atoms with E-state index >= 15 is 0 Å². The molecule has 186 valence electrons. The molecule has 3 aliphatic rings. The Morgan fingerprint density at radius 3 is 2.47 bits per heavy atom. The molecule has 2 aliphatic carbocycles. The largest absolute Gasteiger partial charge is 0.507 e. The molecule has 0 bridgehead atoms. The molecule has 5 rings (SSSR count). The highest BCUT2D eigenvalue weighted by atomic mass is 16.5. The van der Waals surface area contributed by atoms with Crippen LogP contribution < -0.4 is 0 Å². The van der Waals surface area contributed by atoms with E-state index in [9.17, 15) is 19.7 Å². The molecule has 0 radical (unpaired) electrons. The van der Waals surface area contributed by atoms with E-state index in [2.05, 4.69) is 6.92 Å². The van der Waals surface area contributed by atoms with Gasteiger partial charge in [-0.05, 0) is 56.5 Å². The van der Waals surface area contributed by atoms with Gasteiger partial charge in [-0.2, -0.15) is 0 Å². The summed E-state index contributed by atoms with van der Waals surface area (Å²) in [6, 6.07) is 14.4. The maximum Gasteiger partial charge on any atom is 0.455 e. The summed E-state index contributed by atoms with van der Waals surface area (Å²) in [5.41, 5.74) is 5.29. The summed E-state index contributed by atoms with van der Waals surface area (Å²) >= 11 is 0. The monoisotopic (exact) mass is 484 g/mol. The van der Waals surface area contributed by atoms with E-state index in [0.29, 0.717) is 30.3 Å². The molecule has 4 atom stereocenters. The fourth-order valence-electron chi connectivity index (χ4n) is 6.51. The number of rotatable bonds is 6. The summed E-state index contributed by atoms with van der Waals surface area (Å²) in [6.45, 7) is 4.16. The van der Waals surface area contributed by atoms with Gasteiger partial charge in [0.05, 0.1) is 6.10 Å². The predicted molar refractivity (Wildman–Crippen MR) is 141 cm³/mol. The molecule has 2 aromatic rings. The van der Waals surface area contributed by atoms with Crippen molar-refractivity contribution in [2.75, 3.05) is 0 Å². The van der Waals surface area contributed by atoms with Crippen LogP contribution in [0, 0.1) is 17.8 Å². The maximum absolute atomic E-state index is 13.7. The number of benzene rings is 2. The standard InChI is InChI=1S/C30H33BO5/c1-3-8-20-16-23-28(30(34)22-11-6-5-10-21(22)29(23)33)24-17-31(35)36-26(27(20)24)14-13-18(2)15-19-9-4-7-12-25(19)32/h4-7,9-12,15,23-24,26,28,32,35H,3,8,13-14,16-17H2,1-2H3/b18-15+/t23-,24+,26-,28-/m1/s1. The van der Waals surface area contributed by atoms with Crippen LogP contribution in [0.3, 0.4) is 0 Å². The lowest BCUT2D eigenvalue weighted by molar-refractivity contribution is 0.0598. The molecule has 5 nitrogen and oxygen atoms in total. The van der Waals surface area contributed by atoms with Crippen LogP contribution in [0.15, 0.2) is 65.3 Å². The van der Waals surface area contributed by atoms with Gasteiger partial charge >= 0.3 is 7.12 Å². The van der Waals surface area contributed by atoms with Crippen LogP contribution >= 0.6 is 0 Å². The van der Waals surface area contributed by atoms with Crippen LogP contribution in [0.4, 0.5) is 0 Å². The molecule has 2 N–H and O–H groups in total. The van der Waals surface area contributed by atoms with E-state index in [0.717, 1.165) is 36.0 Å². The molecule has 1 saturated heterocycles. The number of ketones is 2. The highest BCUT2D eigenvalue weighted by molar-refractivity contribution is 6.43. The van der Waals surface area contributed by atoms with Crippen LogP contribution in [-0.4, -0.2) is 34.9 Å². The molecular weight excluding hydrogens is 451 g/mol. The summed E-state index contributed by atoms with van der Waals surface area (Å²) in [6.07, 6.45) is 5.82. The lowest BCUT2D eigenvalue weighted by Gasteiger charge is -2.47. The Labute approximate surface area is 213 Å². The first-order chi connectivity index (χ1) is 17.4. The lowest BCUT2D eigenvalue weighted by Crippen LogP contribution is -2.50. The van der Waals surface area contributed by atoms with Crippen LogP contribution in [0.5, 0.6) is 5.75 Å². The quantitative estimate of drug-likeness (QED) is 0.395. The SMILES string of the molecule is CCCC1=C2[C@@H](CC/C(C)=C/c3ccccc3O)OB(O)C[C@@H]2[C@@H]2C(=O)c3ccccc3C(=O)[C@@H]2C1. The number of carbonyl (C=O) groups excluding carboxylic acids is 2. The van der Waals surface area contributed by atoms with Gasteiger partial charge in [0, 0.05) is 28.5 Å². The van der Waals surface area contributed by atoms with Gasteiger partial charge in [-0.15, -0.1) is 0 Å². The Kier molecular flexibility index (Phi) is 7.00. The second kappa shape index (κ2) is 10.2. The normalized spacial score (nSPS) is 26.0. The first kappa shape index (κ1) is 24.7. The first-order valence-electron chi connectivity index (χ1n) is 13.1. The zero-order valence-corrected chi connectivity index (χ0v) is 20.9. The minimum Gasteiger partial charge on any atom is -0.507 e. The number of aromatic hydroxyl groups is 1. The molecule has 0 amide bonds. The topological polar surface area (TPSA) is 83.8 Å². The number of carbonyl (C=O) groups is 2. The minimum atomic E-state index is -0.965.